The second-order valence-electron chi connectivity index (χ2n) is 4.96. The molecule has 2 rings (SSSR count). The van der Waals surface area contributed by atoms with Crippen molar-refractivity contribution >= 4 is 0 Å². The van der Waals surface area contributed by atoms with Crippen molar-refractivity contribution in [3.8, 4) is 0 Å². The van der Waals surface area contributed by atoms with Crippen LogP contribution in [0.25, 0.3) is 0 Å². The van der Waals surface area contributed by atoms with Crippen LogP contribution in [0.5, 0.6) is 0 Å². The monoisotopic (exact) mass is 271 g/mol. The number of benzene rings is 2. The zero-order chi connectivity index (χ0) is 14.4. The predicted molar refractivity (Wildman–Crippen MR) is 82.4 cm³/mol. The molecule has 0 fully saturated rings. The van der Waals surface area contributed by atoms with E-state index in [1.165, 1.54) is 17.2 Å². The smallest absolute Gasteiger partial charge is 0.128 e. The second-order valence-corrected chi connectivity index (χ2v) is 4.96. The van der Waals surface area contributed by atoms with Crippen LogP contribution in [0.15, 0.2) is 48.5 Å². The Labute approximate surface area is 120 Å². The lowest BCUT2D eigenvalue weighted by molar-refractivity contribution is 0.544. The molecule has 0 bridgehead atoms. The lowest BCUT2D eigenvalue weighted by atomic mass is 9.93. The molecule has 0 amide bonds. The van der Waals surface area contributed by atoms with Crippen LogP contribution in [-0.2, 0) is 6.42 Å². The zero-order valence-electron chi connectivity index (χ0n) is 12.2. The van der Waals surface area contributed by atoms with Gasteiger partial charge in [0.25, 0.3) is 0 Å². The number of halogens is 1. The van der Waals surface area contributed by atoms with E-state index < -0.39 is 0 Å². The molecular weight excluding hydrogens is 249 g/mol. The van der Waals surface area contributed by atoms with Crippen molar-refractivity contribution in [1.29, 1.82) is 0 Å². The van der Waals surface area contributed by atoms with Crippen molar-refractivity contribution in [3.05, 3.63) is 71.0 Å². The molecule has 1 N–H and O–H groups in total. The average molecular weight is 271 g/mol. The zero-order valence-corrected chi connectivity index (χ0v) is 12.2. The molecule has 2 aromatic carbocycles. The Balaban J connectivity index is 2.44. The first-order valence-corrected chi connectivity index (χ1v) is 7.33. The molecule has 1 atom stereocenters. The summed E-state index contributed by atoms with van der Waals surface area (Å²) in [6.45, 7) is 5.13. The van der Waals surface area contributed by atoms with E-state index in [4.69, 9.17) is 0 Å². The molecule has 2 heteroatoms. The molecule has 0 aliphatic heterocycles. The molecule has 20 heavy (non-hydrogen) atoms. The Hall–Kier alpha value is -1.67. The van der Waals surface area contributed by atoms with Gasteiger partial charge in [0, 0.05) is 5.56 Å². The van der Waals surface area contributed by atoms with Gasteiger partial charge in [0.05, 0.1) is 6.04 Å². The topological polar surface area (TPSA) is 12.0 Å². The van der Waals surface area contributed by atoms with Crippen LogP contribution in [0.4, 0.5) is 4.39 Å². The fourth-order valence-corrected chi connectivity index (χ4v) is 2.52. The van der Waals surface area contributed by atoms with Crippen LogP contribution in [-0.4, -0.2) is 6.54 Å². The average Bonchev–Trinajstić information content (AvgIpc) is 2.49. The summed E-state index contributed by atoms with van der Waals surface area (Å²) < 4.78 is 14.1. The molecular formula is C18H22FN. The minimum atomic E-state index is -0.146. The van der Waals surface area contributed by atoms with Crippen molar-refractivity contribution in [2.24, 2.45) is 0 Å². The van der Waals surface area contributed by atoms with Gasteiger partial charge >= 0.3 is 0 Å². The summed E-state index contributed by atoms with van der Waals surface area (Å²) in [6, 6.07) is 15.2. The van der Waals surface area contributed by atoms with Crippen LogP contribution < -0.4 is 5.32 Å². The van der Waals surface area contributed by atoms with Gasteiger partial charge in [-0.25, -0.2) is 4.39 Å². The van der Waals surface area contributed by atoms with E-state index in [1.807, 2.05) is 24.3 Å². The first-order valence-electron chi connectivity index (χ1n) is 7.33. The Morgan fingerprint density at radius 2 is 1.60 bits per heavy atom. The van der Waals surface area contributed by atoms with Gasteiger partial charge in [0.2, 0.25) is 0 Å². The molecule has 0 aromatic heterocycles. The molecule has 0 saturated heterocycles. The molecule has 0 spiro atoms. The third kappa shape index (κ3) is 3.26. The maximum atomic E-state index is 14.1. The Kier molecular flexibility index (Phi) is 5.31. The molecule has 0 heterocycles. The van der Waals surface area contributed by atoms with Crippen LogP contribution in [0.1, 0.15) is 43.0 Å². The van der Waals surface area contributed by atoms with Gasteiger partial charge in [-0.3, -0.25) is 0 Å². The standard InChI is InChI=1S/C18H22FN/c1-3-13-20-18(16-11-7-8-12-17(16)19)15-10-6-5-9-14(15)4-2/h5-12,18,20H,3-4,13H2,1-2H3. The molecule has 0 saturated carbocycles. The number of hydrogen-bond donors (Lipinski definition) is 1. The molecule has 0 radical (unpaired) electrons. The summed E-state index contributed by atoms with van der Waals surface area (Å²) in [6.07, 6.45) is 1.98. The van der Waals surface area contributed by atoms with Gasteiger partial charge < -0.3 is 5.32 Å². The summed E-state index contributed by atoms with van der Waals surface area (Å²) >= 11 is 0. The van der Waals surface area contributed by atoms with Crippen molar-refractivity contribution in [2.45, 2.75) is 32.7 Å². The summed E-state index contributed by atoms with van der Waals surface area (Å²) in [5.74, 6) is -0.146. The van der Waals surface area contributed by atoms with Gasteiger partial charge in [-0.15, -0.1) is 0 Å². The molecule has 1 nitrogen and oxygen atoms in total. The van der Waals surface area contributed by atoms with E-state index in [2.05, 4.69) is 31.3 Å². The second kappa shape index (κ2) is 7.20. The minimum Gasteiger partial charge on any atom is -0.306 e. The summed E-state index contributed by atoms with van der Waals surface area (Å²) in [5.41, 5.74) is 3.17. The van der Waals surface area contributed by atoms with E-state index in [9.17, 15) is 4.39 Å². The first kappa shape index (κ1) is 14.7. The molecule has 106 valence electrons. The lowest BCUT2D eigenvalue weighted by Gasteiger charge is -2.22. The van der Waals surface area contributed by atoms with Gasteiger partial charge in [-0.1, -0.05) is 56.3 Å². The highest BCUT2D eigenvalue weighted by atomic mass is 19.1. The third-order valence-corrected chi connectivity index (χ3v) is 3.56. The van der Waals surface area contributed by atoms with E-state index in [0.717, 1.165) is 24.9 Å². The maximum absolute atomic E-state index is 14.1. The van der Waals surface area contributed by atoms with E-state index in [0.29, 0.717) is 0 Å². The van der Waals surface area contributed by atoms with Crippen molar-refractivity contribution in [1.82, 2.24) is 5.32 Å². The Bertz CT molecular complexity index is 551. The SMILES string of the molecule is CCCNC(c1ccccc1F)c1ccccc1CC. The highest BCUT2D eigenvalue weighted by Crippen LogP contribution is 2.27. The Morgan fingerprint density at radius 1 is 0.950 bits per heavy atom. The maximum Gasteiger partial charge on any atom is 0.128 e. The van der Waals surface area contributed by atoms with E-state index >= 15 is 0 Å². The van der Waals surface area contributed by atoms with Gasteiger partial charge in [-0.05, 0) is 36.6 Å². The normalized spacial score (nSPS) is 12.3. The van der Waals surface area contributed by atoms with Gasteiger partial charge in [0.1, 0.15) is 5.82 Å². The van der Waals surface area contributed by atoms with Crippen LogP contribution in [0, 0.1) is 5.82 Å². The lowest BCUT2D eigenvalue weighted by Crippen LogP contribution is -2.25. The molecule has 0 aliphatic carbocycles. The van der Waals surface area contributed by atoms with E-state index in [1.54, 1.807) is 6.07 Å². The number of aryl methyl sites for hydroxylation is 1. The number of hydrogen-bond acceptors (Lipinski definition) is 1. The number of nitrogens with one attached hydrogen (secondary N) is 1. The van der Waals surface area contributed by atoms with Crippen LogP contribution >= 0.6 is 0 Å². The first-order chi connectivity index (χ1) is 9.77. The van der Waals surface area contributed by atoms with Crippen LogP contribution in [0.3, 0.4) is 0 Å². The quantitative estimate of drug-likeness (QED) is 0.817. The Morgan fingerprint density at radius 3 is 2.25 bits per heavy atom. The number of rotatable bonds is 6. The molecule has 1 unspecified atom stereocenters. The van der Waals surface area contributed by atoms with Gasteiger partial charge in [-0.2, -0.15) is 0 Å². The van der Waals surface area contributed by atoms with Crippen LogP contribution in [0.2, 0.25) is 0 Å². The van der Waals surface area contributed by atoms with Crippen molar-refractivity contribution < 1.29 is 4.39 Å². The largest absolute Gasteiger partial charge is 0.306 e. The summed E-state index contributed by atoms with van der Waals surface area (Å²) in [7, 11) is 0. The molecule has 0 aliphatic rings. The predicted octanol–water partition coefficient (Wildman–Crippen LogP) is 4.48. The fraction of sp³-hybridized carbons (Fsp3) is 0.333. The van der Waals surface area contributed by atoms with Gasteiger partial charge in [0.15, 0.2) is 0 Å². The third-order valence-electron chi connectivity index (χ3n) is 3.56. The summed E-state index contributed by atoms with van der Waals surface area (Å²) in [4.78, 5) is 0. The minimum absolute atomic E-state index is 0.0766. The van der Waals surface area contributed by atoms with Crippen molar-refractivity contribution in [2.75, 3.05) is 6.54 Å². The highest BCUT2D eigenvalue weighted by molar-refractivity contribution is 5.38. The summed E-state index contributed by atoms with van der Waals surface area (Å²) in [5, 5.41) is 3.48. The fourth-order valence-electron chi connectivity index (χ4n) is 2.52. The molecule has 2 aromatic rings. The highest BCUT2D eigenvalue weighted by Gasteiger charge is 2.18. The van der Waals surface area contributed by atoms with Crippen molar-refractivity contribution in [3.63, 3.8) is 0 Å². The van der Waals surface area contributed by atoms with E-state index in [-0.39, 0.29) is 11.9 Å².